The molecule has 0 amide bonds. The minimum atomic E-state index is 0.824. The molecule has 2 rings (SSSR count). The van der Waals surface area contributed by atoms with Gasteiger partial charge in [0.05, 0.1) is 0 Å². The topological polar surface area (TPSA) is 29.3 Å². The molecule has 1 saturated carbocycles. The lowest BCUT2D eigenvalue weighted by atomic mass is 9.99. The van der Waals surface area contributed by atoms with Crippen molar-refractivity contribution in [3.05, 3.63) is 0 Å². The molecule has 2 heteroatoms. The van der Waals surface area contributed by atoms with Gasteiger partial charge in [-0.2, -0.15) is 0 Å². The summed E-state index contributed by atoms with van der Waals surface area (Å²) < 4.78 is 0. The Hall–Kier alpha value is -0.0800. The molecule has 2 bridgehead atoms. The Morgan fingerprint density at radius 1 is 1.50 bits per heavy atom. The molecule has 0 radical (unpaired) electrons. The Kier molecular flexibility index (Phi) is 1.46. The first kappa shape index (κ1) is 6.62. The zero-order chi connectivity index (χ0) is 7.14. The van der Waals surface area contributed by atoms with E-state index >= 15 is 0 Å². The highest BCUT2D eigenvalue weighted by molar-refractivity contribution is 4.97. The first-order valence-corrected chi connectivity index (χ1v) is 4.23. The van der Waals surface area contributed by atoms with E-state index in [1.54, 1.807) is 0 Å². The van der Waals surface area contributed by atoms with E-state index in [1.807, 2.05) is 0 Å². The molecule has 1 saturated heterocycles. The van der Waals surface area contributed by atoms with Crippen LogP contribution in [0, 0.1) is 11.8 Å². The molecule has 0 spiro atoms. The molecule has 2 aliphatic rings. The summed E-state index contributed by atoms with van der Waals surface area (Å²) in [6, 6.07) is 0.829. The number of nitrogens with zero attached hydrogens (tertiary/aromatic N) is 1. The van der Waals surface area contributed by atoms with E-state index in [9.17, 15) is 0 Å². The SMILES string of the molecule is CN1C[C@H]2CC[C@H]1[C@@H]2CN. The average molecular weight is 140 g/mol. The van der Waals surface area contributed by atoms with Crippen LogP contribution in [-0.2, 0) is 0 Å². The molecule has 1 heterocycles. The van der Waals surface area contributed by atoms with E-state index in [4.69, 9.17) is 5.73 Å². The molecule has 0 unspecified atom stereocenters. The van der Waals surface area contributed by atoms with Crippen molar-refractivity contribution in [1.29, 1.82) is 0 Å². The van der Waals surface area contributed by atoms with Crippen LogP contribution in [0.25, 0.3) is 0 Å². The minimum Gasteiger partial charge on any atom is -0.330 e. The van der Waals surface area contributed by atoms with Crippen molar-refractivity contribution in [3.63, 3.8) is 0 Å². The lowest BCUT2D eigenvalue weighted by Gasteiger charge is -2.21. The summed E-state index contributed by atoms with van der Waals surface area (Å²) in [7, 11) is 2.23. The van der Waals surface area contributed by atoms with Gasteiger partial charge in [-0.05, 0) is 38.3 Å². The second kappa shape index (κ2) is 2.21. The number of fused-ring (bicyclic) bond motifs is 2. The third-order valence-corrected chi connectivity index (χ3v) is 3.29. The maximum atomic E-state index is 5.69. The van der Waals surface area contributed by atoms with Gasteiger partial charge in [0, 0.05) is 12.6 Å². The van der Waals surface area contributed by atoms with Gasteiger partial charge in [0.15, 0.2) is 0 Å². The molecule has 2 nitrogen and oxygen atoms in total. The summed E-state index contributed by atoms with van der Waals surface area (Å²) in [6.45, 7) is 2.20. The Bertz CT molecular complexity index is 135. The van der Waals surface area contributed by atoms with Crippen LogP contribution in [0.5, 0.6) is 0 Å². The van der Waals surface area contributed by atoms with Crippen molar-refractivity contribution in [2.24, 2.45) is 17.6 Å². The fourth-order valence-corrected chi connectivity index (χ4v) is 2.76. The van der Waals surface area contributed by atoms with E-state index in [1.165, 1.54) is 19.4 Å². The number of rotatable bonds is 1. The van der Waals surface area contributed by atoms with E-state index in [0.29, 0.717) is 0 Å². The second-order valence-corrected chi connectivity index (χ2v) is 3.74. The van der Waals surface area contributed by atoms with Gasteiger partial charge in [-0.3, -0.25) is 0 Å². The van der Waals surface area contributed by atoms with Crippen LogP contribution >= 0.6 is 0 Å². The Balaban J connectivity index is 2.11. The molecule has 2 N–H and O–H groups in total. The highest BCUT2D eigenvalue weighted by Crippen LogP contribution is 2.40. The van der Waals surface area contributed by atoms with Crippen molar-refractivity contribution in [2.45, 2.75) is 18.9 Å². The number of piperidine rings is 1. The quantitative estimate of drug-likeness (QED) is 0.567. The summed E-state index contributed by atoms with van der Waals surface area (Å²) in [5.74, 6) is 1.75. The van der Waals surface area contributed by atoms with Crippen molar-refractivity contribution in [3.8, 4) is 0 Å². The van der Waals surface area contributed by atoms with Gasteiger partial charge in [0.2, 0.25) is 0 Å². The van der Waals surface area contributed by atoms with Crippen molar-refractivity contribution in [2.75, 3.05) is 20.1 Å². The van der Waals surface area contributed by atoms with Gasteiger partial charge in [-0.15, -0.1) is 0 Å². The van der Waals surface area contributed by atoms with Crippen LogP contribution in [0.1, 0.15) is 12.8 Å². The largest absolute Gasteiger partial charge is 0.330 e. The molecule has 0 aromatic carbocycles. The Morgan fingerprint density at radius 2 is 2.30 bits per heavy atom. The normalized spacial score (nSPS) is 46.8. The fraction of sp³-hybridized carbons (Fsp3) is 1.00. The maximum Gasteiger partial charge on any atom is 0.0136 e. The molecule has 1 aliphatic heterocycles. The lowest BCUT2D eigenvalue weighted by molar-refractivity contribution is 0.253. The van der Waals surface area contributed by atoms with Crippen LogP contribution in [-0.4, -0.2) is 31.1 Å². The summed E-state index contributed by atoms with van der Waals surface area (Å²) in [4.78, 5) is 2.48. The molecular formula is C8H16N2. The second-order valence-electron chi connectivity index (χ2n) is 3.74. The van der Waals surface area contributed by atoms with Gasteiger partial charge >= 0.3 is 0 Å². The molecule has 0 aromatic rings. The molecular weight excluding hydrogens is 124 g/mol. The van der Waals surface area contributed by atoms with Crippen molar-refractivity contribution < 1.29 is 0 Å². The zero-order valence-electron chi connectivity index (χ0n) is 6.59. The summed E-state index contributed by atoms with van der Waals surface area (Å²) in [6.07, 6.45) is 2.82. The van der Waals surface area contributed by atoms with Gasteiger partial charge in [0.25, 0.3) is 0 Å². The Labute approximate surface area is 62.4 Å². The van der Waals surface area contributed by atoms with Crippen LogP contribution in [0.2, 0.25) is 0 Å². The first-order valence-electron chi connectivity index (χ1n) is 4.23. The molecule has 1 aliphatic carbocycles. The minimum absolute atomic E-state index is 0.824. The molecule has 3 atom stereocenters. The summed E-state index contributed by atoms with van der Waals surface area (Å²) >= 11 is 0. The third kappa shape index (κ3) is 0.722. The standard InChI is InChI=1S/C8H16N2/c1-10-5-6-2-3-8(10)7(6)4-9/h6-8H,2-5,9H2,1H3/t6-,7-,8+/m1/s1. The highest BCUT2D eigenvalue weighted by Gasteiger charge is 2.43. The van der Waals surface area contributed by atoms with Crippen LogP contribution in [0.3, 0.4) is 0 Å². The van der Waals surface area contributed by atoms with Crippen LogP contribution in [0.15, 0.2) is 0 Å². The van der Waals surface area contributed by atoms with Crippen molar-refractivity contribution in [1.82, 2.24) is 4.90 Å². The average Bonchev–Trinajstić information content (AvgIpc) is 2.42. The monoisotopic (exact) mass is 140 g/mol. The number of hydrogen-bond donors (Lipinski definition) is 1. The Morgan fingerprint density at radius 3 is 2.60 bits per heavy atom. The number of likely N-dealkylation sites (tertiary alicyclic amines) is 1. The molecule has 58 valence electrons. The van der Waals surface area contributed by atoms with E-state index in [-0.39, 0.29) is 0 Å². The summed E-state index contributed by atoms with van der Waals surface area (Å²) in [5, 5.41) is 0. The van der Waals surface area contributed by atoms with Gasteiger partial charge in [-0.25, -0.2) is 0 Å². The van der Waals surface area contributed by atoms with Crippen LogP contribution < -0.4 is 5.73 Å². The molecule has 2 fully saturated rings. The zero-order valence-corrected chi connectivity index (χ0v) is 6.59. The first-order chi connectivity index (χ1) is 4.83. The van der Waals surface area contributed by atoms with Gasteiger partial charge in [-0.1, -0.05) is 0 Å². The number of hydrogen-bond acceptors (Lipinski definition) is 2. The predicted octanol–water partition coefficient (Wildman–Crippen LogP) is 0.285. The number of nitrogens with two attached hydrogens (primary N) is 1. The predicted molar refractivity (Wildman–Crippen MR) is 41.7 cm³/mol. The van der Waals surface area contributed by atoms with E-state index in [2.05, 4.69) is 11.9 Å². The van der Waals surface area contributed by atoms with Crippen molar-refractivity contribution >= 4 is 0 Å². The van der Waals surface area contributed by atoms with Gasteiger partial charge < -0.3 is 10.6 Å². The molecule has 10 heavy (non-hydrogen) atoms. The maximum absolute atomic E-state index is 5.69. The smallest absolute Gasteiger partial charge is 0.0136 e. The highest BCUT2D eigenvalue weighted by atomic mass is 15.2. The van der Waals surface area contributed by atoms with E-state index < -0.39 is 0 Å². The van der Waals surface area contributed by atoms with Gasteiger partial charge in [0.1, 0.15) is 0 Å². The molecule has 0 aromatic heterocycles. The van der Waals surface area contributed by atoms with E-state index in [0.717, 1.165) is 24.4 Å². The van der Waals surface area contributed by atoms with Crippen LogP contribution in [0.4, 0.5) is 0 Å². The fourth-order valence-electron chi connectivity index (χ4n) is 2.76. The summed E-state index contributed by atoms with van der Waals surface area (Å²) in [5.41, 5.74) is 5.69. The lowest BCUT2D eigenvalue weighted by Crippen LogP contribution is -2.30. The third-order valence-electron chi connectivity index (χ3n) is 3.29.